The maximum Gasteiger partial charge on any atom is 0.130 e. The molecule has 0 radical (unpaired) electrons. The molecule has 1 heterocycles. The summed E-state index contributed by atoms with van der Waals surface area (Å²) in [6, 6.07) is 2.05. The zero-order valence-corrected chi connectivity index (χ0v) is 12.8. The summed E-state index contributed by atoms with van der Waals surface area (Å²) >= 11 is 13.5. The molecule has 3 nitrogen and oxygen atoms in total. The van der Waals surface area contributed by atoms with Crippen molar-refractivity contribution in [2.24, 2.45) is 5.92 Å². The highest BCUT2D eigenvalue weighted by molar-refractivity contribution is 7.00. The van der Waals surface area contributed by atoms with Crippen molar-refractivity contribution in [1.29, 1.82) is 0 Å². The Kier molecular flexibility index (Phi) is 4.30. The van der Waals surface area contributed by atoms with Crippen LogP contribution in [0.5, 0.6) is 0 Å². The Morgan fingerprint density at radius 2 is 1.83 bits per heavy atom. The summed E-state index contributed by atoms with van der Waals surface area (Å²) in [5.74, 6) is 0.627. The van der Waals surface area contributed by atoms with E-state index in [-0.39, 0.29) is 0 Å². The van der Waals surface area contributed by atoms with Gasteiger partial charge in [0.25, 0.3) is 0 Å². The molecule has 0 amide bonds. The third kappa shape index (κ3) is 2.87. The highest BCUT2D eigenvalue weighted by atomic mass is 35.5. The summed E-state index contributed by atoms with van der Waals surface area (Å²) in [6.07, 6.45) is 1.07. The van der Waals surface area contributed by atoms with E-state index >= 15 is 0 Å². The van der Waals surface area contributed by atoms with E-state index in [9.17, 15) is 0 Å². The van der Waals surface area contributed by atoms with Gasteiger partial charge in [0.1, 0.15) is 11.0 Å². The van der Waals surface area contributed by atoms with Crippen LogP contribution in [0, 0.1) is 5.92 Å². The van der Waals surface area contributed by atoms with E-state index in [2.05, 4.69) is 34.8 Å². The first kappa shape index (κ1) is 13.8. The van der Waals surface area contributed by atoms with Crippen LogP contribution in [0.25, 0.3) is 11.0 Å². The predicted octanol–water partition coefficient (Wildman–Crippen LogP) is 4.84. The first-order valence-electron chi connectivity index (χ1n) is 5.85. The largest absolute Gasteiger partial charge is 0.380 e. The van der Waals surface area contributed by atoms with Crippen molar-refractivity contribution < 1.29 is 0 Å². The number of halogens is 2. The molecule has 18 heavy (non-hydrogen) atoms. The van der Waals surface area contributed by atoms with Gasteiger partial charge in [-0.15, -0.1) is 0 Å². The molecule has 2 rings (SSSR count). The first-order valence-corrected chi connectivity index (χ1v) is 7.34. The molecule has 0 aliphatic heterocycles. The number of aromatic nitrogens is 2. The lowest BCUT2D eigenvalue weighted by molar-refractivity contribution is 0.540. The third-order valence-electron chi connectivity index (χ3n) is 2.66. The molecule has 2 aromatic rings. The van der Waals surface area contributed by atoms with Crippen LogP contribution in [0.3, 0.4) is 0 Å². The van der Waals surface area contributed by atoms with Crippen molar-refractivity contribution in [3.05, 3.63) is 16.1 Å². The zero-order valence-electron chi connectivity index (χ0n) is 10.5. The van der Waals surface area contributed by atoms with Gasteiger partial charge in [-0.2, -0.15) is 8.75 Å². The van der Waals surface area contributed by atoms with Gasteiger partial charge in [0, 0.05) is 6.04 Å². The second-order valence-corrected chi connectivity index (χ2v) is 6.19. The molecule has 0 bridgehead atoms. The summed E-state index contributed by atoms with van der Waals surface area (Å²) in [5, 5.41) is 4.55. The van der Waals surface area contributed by atoms with Crippen molar-refractivity contribution in [3.63, 3.8) is 0 Å². The molecule has 1 unspecified atom stereocenters. The number of benzene rings is 1. The van der Waals surface area contributed by atoms with E-state index in [4.69, 9.17) is 23.2 Å². The fourth-order valence-electron chi connectivity index (χ4n) is 2.02. The molecule has 6 heteroatoms. The number of rotatable bonds is 4. The van der Waals surface area contributed by atoms with Crippen molar-refractivity contribution in [3.8, 4) is 0 Å². The predicted molar refractivity (Wildman–Crippen MR) is 80.0 cm³/mol. The molecule has 1 atom stereocenters. The van der Waals surface area contributed by atoms with Crippen LogP contribution in [0.1, 0.15) is 27.2 Å². The lowest BCUT2D eigenvalue weighted by Crippen LogP contribution is -2.17. The van der Waals surface area contributed by atoms with E-state index in [1.165, 1.54) is 0 Å². The summed E-state index contributed by atoms with van der Waals surface area (Å²) in [6.45, 7) is 6.53. The van der Waals surface area contributed by atoms with Crippen LogP contribution in [0.2, 0.25) is 10.0 Å². The van der Waals surface area contributed by atoms with Crippen molar-refractivity contribution >= 4 is 51.7 Å². The average Bonchev–Trinajstić information content (AvgIpc) is 2.72. The summed E-state index contributed by atoms with van der Waals surface area (Å²) in [7, 11) is 0. The second-order valence-electron chi connectivity index (χ2n) is 4.85. The van der Waals surface area contributed by atoms with Gasteiger partial charge in [-0.1, -0.05) is 37.0 Å². The molecule has 0 fully saturated rings. The van der Waals surface area contributed by atoms with Gasteiger partial charge in [0.05, 0.1) is 27.5 Å². The van der Waals surface area contributed by atoms with Gasteiger partial charge < -0.3 is 5.32 Å². The maximum absolute atomic E-state index is 6.24. The Labute approximate surface area is 121 Å². The quantitative estimate of drug-likeness (QED) is 0.878. The number of nitrogens with zero attached hydrogens (tertiary/aromatic N) is 2. The summed E-state index contributed by atoms with van der Waals surface area (Å²) < 4.78 is 8.46. The van der Waals surface area contributed by atoms with E-state index in [1.54, 1.807) is 6.07 Å². The first-order chi connectivity index (χ1) is 8.49. The van der Waals surface area contributed by atoms with Gasteiger partial charge in [-0.05, 0) is 25.3 Å². The van der Waals surface area contributed by atoms with Crippen molar-refractivity contribution in [2.75, 3.05) is 5.32 Å². The second kappa shape index (κ2) is 5.59. The molecule has 1 N–H and O–H groups in total. The number of hydrogen-bond acceptors (Lipinski definition) is 4. The number of anilines is 1. The molecule has 98 valence electrons. The van der Waals surface area contributed by atoms with Crippen molar-refractivity contribution in [2.45, 2.75) is 33.2 Å². The Hall–Kier alpha value is -0.580. The average molecular weight is 304 g/mol. The van der Waals surface area contributed by atoms with Crippen molar-refractivity contribution in [1.82, 2.24) is 8.75 Å². The summed E-state index contributed by atoms with van der Waals surface area (Å²) in [5.41, 5.74) is 2.30. The van der Waals surface area contributed by atoms with Crippen LogP contribution < -0.4 is 5.32 Å². The molecular formula is C12H15Cl2N3S. The van der Waals surface area contributed by atoms with E-state index in [1.807, 2.05) is 0 Å². The van der Waals surface area contributed by atoms with Crippen LogP contribution in [0.15, 0.2) is 6.07 Å². The lowest BCUT2D eigenvalue weighted by Gasteiger charge is -2.18. The molecule has 1 aromatic carbocycles. The zero-order chi connectivity index (χ0) is 13.3. The lowest BCUT2D eigenvalue weighted by atomic mass is 10.0. The molecule has 0 aliphatic carbocycles. The monoisotopic (exact) mass is 303 g/mol. The number of fused-ring (bicyclic) bond motifs is 1. The fraction of sp³-hybridized carbons (Fsp3) is 0.500. The van der Waals surface area contributed by atoms with Gasteiger partial charge in [0.15, 0.2) is 0 Å². The van der Waals surface area contributed by atoms with Gasteiger partial charge >= 0.3 is 0 Å². The topological polar surface area (TPSA) is 37.8 Å². The Morgan fingerprint density at radius 3 is 2.50 bits per heavy atom. The molecule has 0 spiro atoms. The van der Waals surface area contributed by atoms with E-state index < -0.39 is 0 Å². The molecule has 0 saturated carbocycles. The SMILES string of the molecule is CC(C)CC(C)Nc1c(Cl)cc(Cl)c2nsnc12. The highest BCUT2D eigenvalue weighted by Crippen LogP contribution is 2.35. The van der Waals surface area contributed by atoms with Crippen LogP contribution in [0.4, 0.5) is 5.69 Å². The number of nitrogens with one attached hydrogen (secondary N) is 1. The standard InChI is InChI=1S/C12H15Cl2N3S/c1-6(2)4-7(3)15-10-8(13)5-9(14)11-12(10)17-18-16-11/h5-7,15H,4H2,1-3H3. The van der Waals surface area contributed by atoms with Gasteiger partial charge in [-0.25, -0.2) is 0 Å². The molecular weight excluding hydrogens is 289 g/mol. The summed E-state index contributed by atoms with van der Waals surface area (Å²) in [4.78, 5) is 0. The van der Waals surface area contributed by atoms with Crippen LogP contribution in [-0.4, -0.2) is 14.8 Å². The molecule has 1 aromatic heterocycles. The molecule has 0 saturated heterocycles. The Bertz CT molecular complexity index is 553. The van der Waals surface area contributed by atoms with Gasteiger partial charge in [0.2, 0.25) is 0 Å². The maximum atomic E-state index is 6.24. The smallest absolute Gasteiger partial charge is 0.130 e. The normalized spacial score (nSPS) is 13.2. The van der Waals surface area contributed by atoms with Gasteiger partial charge in [-0.3, -0.25) is 0 Å². The highest BCUT2D eigenvalue weighted by Gasteiger charge is 2.16. The fourth-order valence-corrected chi connectivity index (χ4v) is 3.19. The van der Waals surface area contributed by atoms with E-state index in [0.29, 0.717) is 27.5 Å². The molecule has 0 aliphatic rings. The third-order valence-corrected chi connectivity index (χ3v) is 3.77. The van der Waals surface area contributed by atoms with Crippen LogP contribution in [-0.2, 0) is 0 Å². The minimum atomic E-state index is 0.327. The minimum absolute atomic E-state index is 0.327. The Balaban J connectivity index is 2.35. The van der Waals surface area contributed by atoms with E-state index in [0.717, 1.165) is 29.4 Å². The minimum Gasteiger partial charge on any atom is -0.380 e. The Morgan fingerprint density at radius 1 is 1.17 bits per heavy atom. The number of hydrogen-bond donors (Lipinski definition) is 1. The van der Waals surface area contributed by atoms with Crippen LogP contribution >= 0.6 is 34.9 Å².